The van der Waals surface area contributed by atoms with Crippen LogP contribution >= 0.6 is 11.6 Å². The second-order valence-electron chi connectivity index (χ2n) is 7.50. The van der Waals surface area contributed by atoms with Gasteiger partial charge in [-0.25, -0.2) is 4.98 Å². The van der Waals surface area contributed by atoms with Crippen LogP contribution in [0.2, 0.25) is 5.02 Å². The molecule has 1 aromatic heterocycles. The number of rotatable bonds is 6. The Morgan fingerprint density at radius 1 is 1.12 bits per heavy atom. The van der Waals surface area contributed by atoms with Crippen LogP contribution in [0.1, 0.15) is 15.9 Å². The van der Waals surface area contributed by atoms with Crippen molar-refractivity contribution in [3.63, 3.8) is 0 Å². The van der Waals surface area contributed by atoms with Gasteiger partial charge in [-0.1, -0.05) is 23.7 Å². The van der Waals surface area contributed by atoms with Gasteiger partial charge in [0, 0.05) is 19.8 Å². The Kier molecular flexibility index (Phi) is 5.88. The number of nitrogens with zero attached hydrogens (tertiary/aromatic N) is 3. The minimum absolute atomic E-state index is 0.0145. The maximum Gasteiger partial charge on any atom is 0.352 e. The van der Waals surface area contributed by atoms with Crippen LogP contribution in [0.3, 0.4) is 0 Å². The van der Waals surface area contributed by atoms with Crippen LogP contribution < -0.4 is 16.0 Å². The predicted molar refractivity (Wildman–Crippen MR) is 122 cm³/mol. The van der Waals surface area contributed by atoms with E-state index in [0.29, 0.717) is 0 Å². The van der Waals surface area contributed by atoms with Crippen molar-refractivity contribution in [1.29, 1.82) is 0 Å². The molecular formula is C22H17ClF2N6O3. The number of fused-ring (bicyclic) bond motifs is 1. The number of nitrogens with one attached hydrogen (secondary N) is 3. The van der Waals surface area contributed by atoms with Gasteiger partial charge in [0.2, 0.25) is 5.95 Å². The summed E-state index contributed by atoms with van der Waals surface area (Å²) in [7, 11) is 2.94. The number of aromatic nitrogens is 2. The minimum Gasteiger partial charge on any atom is -0.342 e. The standard InChI is InChI=1S/C22H17ClF2N6O3/c1-31(2)19(33)17(32)12-5-3-4-6-15(12)28-18-14(23)10-26-21(30-18)27-11-7-8-16-13(9-11)22(24,25)20(34)29-16/h3-10H,1-2H3,(H,29,34)(H2,26,27,28,30). The molecule has 1 aliphatic rings. The Morgan fingerprint density at radius 2 is 1.85 bits per heavy atom. The number of likely N-dealkylation sites (N-methyl/N-ethyl adjacent to an activating group) is 1. The van der Waals surface area contributed by atoms with Crippen LogP contribution in [0.15, 0.2) is 48.7 Å². The SMILES string of the molecule is CN(C)C(=O)C(=O)c1ccccc1Nc1nc(Nc2ccc3c(c2)C(F)(F)C(=O)N3)ncc1Cl. The topological polar surface area (TPSA) is 116 Å². The summed E-state index contributed by atoms with van der Waals surface area (Å²) in [6, 6.07) is 10.3. The Morgan fingerprint density at radius 3 is 2.59 bits per heavy atom. The van der Waals surface area contributed by atoms with Gasteiger partial charge in [-0.15, -0.1) is 0 Å². The largest absolute Gasteiger partial charge is 0.352 e. The second-order valence-corrected chi connectivity index (χ2v) is 7.91. The smallest absolute Gasteiger partial charge is 0.342 e. The molecule has 0 saturated heterocycles. The number of hydrogen-bond donors (Lipinski definition) is 3. The Hall–Kier alpha value is -4.12. The first kappa shape index (κ1) is 23.1. The number of anilines is 5. The van der Waals surface area contributed by atoms with Gasteiger partial charge < -0.3 is 20.9 Å². The molecule has 0 bridgehead atoms. The summed E-state index contributed by atoms with van der Waals surface area (Å²) in [5, 5.41) is 7.94. The van der Waals surface area contributed by atoms with Gasteiger partial charge in [-0.3, -0.25) is 14.4 Å². The molecule has 3 aromatic rings. The summed E-state index contributed by atoms with van der Waals surface area (Å²) in [6.45, 7) is 0. The van der Waals surface area contributed by atoms with E-state index in [2.05, 4.69) is 25.9 Å². The highest BCUT2D eigenvalue weighted by atomic mass is 35.5. The van der Waals surface area contributed by atoms with E-state index in [1.807, 2.05) is 0 Å². The van der Waals surface area contributed by atoms with Crippen LogP contribution in [0, 0.1) is 0 Å². The van der Waals surface area contributed by atoms with Crippen molar-refractivity contribution in [2.75, 3.05) is 30.0 Å². The lowest BCUT2D eigenvalue weighted by atomic mass is 10.1. The third-order valence-electron chi connectivity index (χ3n) is 4.92. The molecule has 1 aliphatic heterocycles. The van der Waals surface area contributed by atoms with Gasteiger partial charge in [-0.2, -0.15) is 13.8 Å². The van der Waals surface area contributed by atoms with E-state index in [1.54, 1.807) is 18.2 Å². The number of carbonyl (C=O) groups is 3. The second kappa shape index (κ2) is 8.67. The van der Waals surface area contributed by atoms with E-state index in [0.717, 1.165) is 6.07 Å². The molecule has 174 valence electrons. The molecule has 2 amide bonds. The first-order valence-corrected chi connectivity index (χ1v) is 10.2. The molecule has 12 heteroatoms. The summed E-state index contributed by atoms with van der Waals surface area (Å²) in [5.41, 5.74) is 0.177. The Balaban J connectivity index is 1.61. The van der Waals surface area contributed by atoms with Crippen molar-refractivity contribution in [2.45, 2.75) is 5.92 Å². The molecule has 4 rings (SSSR count). The Bertz CT molecular complexity index is 1330. The number of halogens is 3. The van der Waals surface area contributed by atoms with Gasteiger partial charge in [-0.05, 0) is 30.3 Å². The molecule has 34 heavy (non-hydrogen) atoms. The van der Waals surface area contributed by atoms with Crippen LogP contribution in [0.4, 0.5) is 37.6 Å². The molecule has 9 nitrogen and oxygen atoms in total. The first-order chi connectivity index (χ1) is 16.1. The van der Waals surface area contributed by atoms with Crippen molar-refractivity contribution < 1.29 is 23.2 Å². The summed E-state index contributed by atoms with van der Waals surface area (Å²) in [6.07, 6.45) is 1.28. The Labute approximate surface area is 197 Å². The number of carbonyl (C=O) groups excluding carboxylic acids is 3. The van der Waals surface area contributed by atoms with Crippen molar-refractivity contribution in [2.24, 2.45) is 0 Å². The van der Waals surface area contributed by atoms with Crippen molar-refractivity contribution in [1.82, 2.24) is 14.9 Å². The number of amides is 2. The third kappa shape index (κ3) is 4.25. The molecule has 2 aromatic carbocycles. The van der Waals surface area contributed by atoms with Crippen molar-refractivity contribution in [3.8, 4) is 0 Å². The van der Waals surface area contributed by atoms with Gasteiger partial charge in [0.15, 0.2) is 5.82 Å². The summed E-state index contributed by atoms with van der Waals surface area (Å²) < 4.78 is 28.1. The maximum absolute atomic E-state index is 14.1. The molecule has 2 heterocycles. The molecule has 0 atom stereocenters. The fraction of sp³-hybridized carbons (Fsp3) is 0.136. The number of benzene rings is 2. The van der Waals surface area contributed by atoms with Gasteiger partial charge in [0.05, 0.1) is 28.7 Å². The zero-order chi connectivity index (χ0) is 24.6. The molecule has 0 spiro atoms. The molecule has 0 radical (unpaired) electrons. The molecule has 0 fully saturated rings. The lowest BCUT2D eigenvalue weighted by Gasteiger charge is -2.14. The fourth-order valence-electron chi connectivity index (χ4n) is 3.19. The molecule has 3 N–H and O–H groups in total. The van der Waals surface area contributed by atoms with Crippen LogP contribution in [-0.4, -0.2) is 46.6 Å². The maximum atomic E-state index is 14.1. The van der Waals surface area contributed by atoms with E-state index in [9.17, 15) is 23.2 Å². The van der Waals surface area contributed by atoms with Gasteiger partial charge >= 0.3 is 5.92 Å². The fourth-order valence-corrected chi connectivity index (χ4v) is 3.33. The lowest BCUT2D eigenvalue weighted by molar-refractivity contribution is -0.139. The van der Waals surface area contributed by atoms with E-state index in [1.165, 1.54) is 43.4 Å². The minimum atomic E-state index is -3.65. The molecule has 0 unspecified atom stereocenters. The average Bonchev–Trinajstić information content (AvgIpc) is 3.03. The quantitative estimate of drug-likeness (QED) is 0.357. The highest BCUT2D eigenvalue weighted by Gasteiger charge is 2.48. The normalized spacial score (nSPS) is 13.6. The first-order valence-electron chi connectivity index (χ1n) is 9.83. The lowest BCUT2D eigenvalue weighted by Crippen LogP contribution is -2.30. The van der Waals surface area contributed by atoms with E-state index in [-0.39, 0.29) is 39.4 Å². The zero-order valence-corrected chi connectivity index (χ0v) is 18.6. The highest BCUT2D eigenvalue weighted by Crippen LogP contribution is 2.41. The summed E-state index contributed by atoms with van der Waals surface area (Å²) in [4.78, 5) is 45.6. The van der Waals surface area contributed by atoms with Gasteiger partial charge in [0.1, 0.15) is 5.02 Å². The molecule has 0 saturated carbocycles. The number of alkyl halides is 2. The molecule has 0 aliphatic carbocycles. The predicted octanol–water partition coefficient (Wildman–Crippen LogP) is 3.93. The van der Waals surface area contributed by atoms with Gasteiger partial charge in [0.25, 0.3) is 17.6 Å². The third-order valence-corrected chi connectivity index (χ3v) is 5.19. The number of para-hydroxylation sites is 1. The van der Waals surface area contributed by atoms with Crippen molar-refractivity contribution in [3.05, 3.63) is 64.8 Å². The van der Waals surface area contributed by atoms with E-state index >= 15 is 0 Å². The van der Waals surface area contributed by atoms with E-state index in [4.69, 9.17) is 11.6 Å². The summed E-state index contributed by atoms with van der Waals surface area (Å²) >= 11 is 6.20. The number of hydrogen-bond acceptors (Lipinski definition) is 7. The van der Waals surface area contributed by atoms with Crippen LogP contribution in [0.25, 0.3) is 0 Å². The monoisotopic (exact) mass is 486 g/mol. The number of ketones is 1. The van der Waals surface area contributed by atoms with Crippen molar-refractivity contribution >= 4 is 58.0 Å². The molecular weight excluding hydrogens is 470 g/mol. The van der Waals surface area contributed by atoms with E-state index < -0.39 is 29.1 Å². The van der Waals surface area contributed by atoms with Crippen LogP contribution in [0.5, 0.6) is 0 Å². The van der Waals surface area contributed by atoms with Crippen LogP contribution in [-0.2, 0) is 15.5 Å². The highest BCUT2D eigenvalue weighted by molar-refractivity contribution is 6.43. The number of Topliss-reactive ketones (excluding diaryl/α,β-unsaturated/α-hetero) is 1. The summed E-state index contributed by atoms with van der Waals surface area (Å²) in [5.74, 6) is -6.35. The average molecular weight is 487 g/mol. The zero-order valence-electron chi connectivity index (χ0n) is 17.8.